The van der Waals surface area contributed by atoms with Crippen LogP contribution in [-0.4, -0.2) is 16.9 Å². The first-order valence-corrected chi connectivity index (χ1v) is 8.22. The van der Waals surface area contributed by atoms with Crippen LogP contribution < -0.4 is 0 Å². The second kappa shape index (κ2) is 15.0. The van der Waals surface area contributed by atoms with Crippen LogP contribution in [0.25, 0.3) is 0 Å². The lowest BCUT2D eigenvalue weighted by Crippen LogP contribution is -1.96. The van der Waals surface area contributed by atoms with E-state index in [-0.39, 0.29) is 6.42 Å². The fourth-order valence-electron chi connectivity index (χ4n) is 2.01. The lowest BCUT2D eigenvalue weighted by molar-refractivity contribution is -0.137. The maximum absolute atomic E-state index is 11.6. The first-order valence-electron chi connectivity index (χ1n) is 8.22. The van der Waals surface area contributed by atoms with E-state index in [1.54, 1.807) is 0 Å². The van der Waals surface area contributed by atoms with Crippen molar-refractivity contribution in [1.82, 2.24) is 0 Å². The van der Waals surface area contributed by atoms with Crippen molar-refractivity contribution >= 4 is 11.8 Å². The standard InChI is InChI=1S/C18H30O3/c1-2-3-4-5-6-8-11-14-17(19)15-12-9-7-10-13-16-18(20)21/h5-6,8,11H,2-4,7,9-10,12-16H2,1H3,(H,20,21)/b6-5-,11-8-. The van der Waals surface area contributed by atoms with Crippen LogP contribution in [0, 0.1) is 0 Å². The van der Waals surface area contributed by atoms with Crippen LogP contribution in [0.2, 0.25) is 0 Å². The van der Waals surface area contributed by atoms with E-state index in [2.05, 4.69) is 13.0 Å². The summed E-state index contributed by atoms with van der Waals surface area (Å²) in [4.78, 5) is 21.9. The normalized spacial score (nSPS) is 11.5. The quantitative estimate of drug-likeness (QED) is 0.360. The molecule has 3 nitrogen and oxygen atoms in total. The van der Waals surface area contributed by atoms with E-state index in [0.717, 1.165) is 38.5 Å². The number of hydrogen-bond donors (Lipinski definition) is 1. The summed E-state index contributed by atoms with van der Waals surface area (Å²) in [6, 6.07) is 0. The van der Waals surface area contributed by atoms with Gasteiger partial charge in [0.15, 0.2) is 0 Å². The second-order valence-corrected chi connectivity index (χ2v) is 5.40. The molecule has 0 aromatic heterocycles. The number of rotatable bonds is 14. The molecule has 0 heterocycles. The molecule has 0 fully saturated rings. The van der Waals surface area contributed by atoms with Gasteiger partial charge in [0.2, 0.25) is 0 Å². The van der Waals surface area contributed by atoms with Gasteiger partial charge in [-0.15, -0.1) is 0 Å². The van der Waals surface area contributed by atoms with E-state index in [1.807, 2.05) is 18.2 Å². The first kappa shape index (κ1) is 19.6. The summed E-state index contributed by atoms with van der Waals surface area (Å²) in [6.07, 6.45) is 17.7. The molecule has 0 saturated carbocycles. The van der Waals surface area contributed by atoms with Crippen LogP contribution in [-0.2, 0) is 9.59 Å². The predicted molar refractivity (Wildman–Crippen MR) is 87.4 cm³/mol. The van der Waals surface area contributed by atoms with Crippen molar-refractivity contribution in [3.63, 3.8) is 0 Å². The van der Waals surface area contributed by atoms with Gasteiger partial charge in [-0.2, -0.15) is 0 Å². The maximum Gasteiger partial charge on any atom is 0.303 e. The second-order valence-electron chi connectivity index (χ2n) is 5.40. The van der Waals surface area contributed by atoms with Crippen molar-refractivity contribution in [1.29, 1.82) is 0 Å². The molecular weight excluding hydrogens is 264 g/mol. The number of carbonyl (C=O) groups excluding carboxylic acids is 1. The zero-order chi connectivity index (χ0) is 15.8. The van der Waals surface area contributed by atoms with Crippen molar-refractivity contribution < 1.29 is 14.7 Å². The Morgan fingerprint density at radius 2 is 1.48 bits per heavy atom. The van der Waals surface area contributed by atoms with E-state index < -0.39 is 5.97 Å². The van der Waals surface area contributed by atoms with Crippen LogP contribution in [0.4, 0.5) is 0 Å². The SMILES string of the molecule is CCCC/C=C\C=C/CC(=O)CCCCCCCC(=O)O. The summed E-state index contributed by atoms with van der Waals surface area (Å²) >= 11 is 0. The van der Waals surface area contributed by atoms with Gasteiger partial charge in [0.05, 0.1) is 0 Å². The molecule has 1 N–H and O–H groups in total. The third kappa shape index (κ3) is 16.6. The lowest BCUT2D eigenvalue weighted by Gasteiger charge is -1.99. The van der Waals surface area contributed by atoms with Gasteiger partial charge < -0.3 is 5.11 Å². The Morgan fingerprint density at radius 1 is 0.857 bits per heavy atom. The number of ketones is 1. The number of carbonyl (C=O) groups is 2. The van der Waals surface area contributed by atoms with Crippen molar-refractivity contribution in [3.05, 3.63) is 24.3 Å². The number of unbranched alkanes of at least 4 members (excludes halogenated alkanes) is 6. The lowest BCUT2D eigenvalue weighted by atomic mass is 10.1. The van der Waals surface area contributed by atoms with Crippen LogP contribution in [0.1, 0.15) is 77.6 Å². The highest BCUT2D eigenvalue weighted by molar-refractivity contribution is 5.79. The molecule has 0 aliphatic carbocycles. The molecule has 120 valence electrons. The Balaban J connectivity index is 3.40. The average molecular weight is 294 g/mol. The van der Waals surface area contributed by atoms with Crippen molar-refractivity contribution in [3.8, 4) is 0 Å². The zero-order valence-electron chi connectivity index (χ0n) is 13.4. The molecule has 0 aromatic rings. The smallest absolute Gasteiger partial charge is 0.303 e. The molecule has 0 saturated heterocycles. The van der Waals surface area contributed by atoms with Gasteiger partial charge in [0.1, 0.15) is 5.78 Å². The molecule has 0 spiro atoms. The van der Waals surface area contributed by atoms with Crippen LogP contribution in [0.5, 0.6) is 0 Å². The van der Waals surface area contributed by atoms with E-state index in [0.29, 0.717) is 18.6 Å². The monoisotopic (exact) mass is 294 g/mol. The molecule has 0 rings (SSSR count). The minimum absolute atomic E-state index is 0.259. The summed E-state index contributed by atoms with van der Waals surface area (Å²) in [5.41, 5.74) is 0. The fraction of sp³-hybridized carbons (Fsp3) is 0.667. The zero-order valence-corrected chi connectivity index (χ0v) is 13.4. The Morgan fingerprint density at radius 3 is 2.14 bits per heavy atom. The fourth-order valence-corrected chi connectivity index (χ4v) is 2.01. The van der Waals surface area contributed by atoms with Gasteiger partial charge in [-0.3, -0.25) is 9.59 Å². The van der Waals surface area contributed by atoms with Crippen molar-refractivity contribution in [2.45, 2.75) is 77.6 Å². The van der Waals surface area contributed by atoms with E-state index in [9.17, 15) is 9.59 Å². The van der Waals surface area contributed by atoms with Crippen molar-refractivity contribution in [2.24, 2.45) is 0 Å². The first-order chi connectivity index (χ1) is 10.2. The largest absolute Gasteiger partial charge is 0.481 e. The summed E-state index contributed by atoms with van der Waals surface area (Å²) in [5, 5.41) is 8.50. The Kier molecular flexibility index (Phi) is 14.0. The number of carboxylic acids is 1. The third-order valence-corrected chi connectivity index (χ3v) is 3.30. The topological polar surface area (TPSA) is 54.4 Å². The molecule has 0 atom stereocenters. The van der Waals surface area contributed by atoms with Gasteiger partial charge in [0, 0.05) is 19.3 Å². The molecule has 0 radical (unpaired) electrons. The van der Waals surface area contributed by atoms with E-state index >= 15 is 0 Å². The van der Waals surface area contributed by atoms with E-state index in [4.69, 9.17) is 5.11 Å². The number of allylic oxidation sites excluding steroid dienone is 4. The number of carboxylic acid groups (broad SMARTS) is 1. The molecule has 21 heavy (non-hydrogen) atoms. The van der Waals surface area contributed by atoms with Crippen LogP contribution in [0.15, 0.2) is 24.3 Å². The van der Waals surface area contributed by atoms with Gasteiger partial charge >= 0.3 is 5.97 Å². The summed E-state index contributed by atoms with van der Waals surface area (Å²) in [5.74, 6) is -0.431. The van der Waals surface area contributed by atoms with Crippen molar-refractivity contribution in [2.75, 3.05) is 0 Å². The molecule has 0 bridgehead atoms. The highest BCUT2D eigenvalue weighted by atomic mass is 16.4. The highest BCUT2D eigenvalue weighted by Gasteiger charge is 2.00. The van der Waals surface area contributed by atoms with Gasteiger partial charge in [0.25, 0.3) is 0 Å². The summed E-state index contributed by atoms with van der Waals surface area (Å²) < 4.78 is 0. The maximum atomic E-state index is 11.6. The summed E-state index contributed by atoms with van der Waals surface area (Å²) in [6.45, 7) is 2.18. The molecule has 3 heteroatoms. The Labute approximate surface area is 129 Å². The molecular formula is C18H30O3. The number of hydrogen-bond acceptors (Lipinski definition) is 2. The third-order valence-electron chi connectivity index (χ3n) is 3.30. The molecule has 0 aliphatic rings. The Hall–Kier alpha value is -1.38. The predicted octanol–water partition coefficient (Wildman–Crippen LogP) is 5.06. The number of Topliss-reactive ketones (excluding diaryl/α,β-unsaturated/α-hetero) is 1. The molecule has 0 amide bonds. The average Bonchev–Trinajstić information content (AvgIpc) is 2.45. The minimum atomic E-state index is -0.722. The Bertz CT molecular complexity index is 329. The summed E-state index contributed by atoms with van der Waals surface area (Å²) in [7, 11) is 0. The minimum Gasteiger partial charge on any atom is -0.481 e. The number of aliphatic carboxylic acids is 1. The molecule has 0 aliphatic heterocycles. The molecule has 0 aromatic carbocycles. The van der Waals surface area contributed by atoms with Gasteiger partial charge in [-0.05, 0) is 19.3 Å². The van der Waals surface area contributed by atoms with Gasteiger partial charge in [-0.25, -0.2) is 0 Å². The highest BCUT2D eigenvalue weighted by Crippen LogP contribution is 2.08. The van der Waals surface area contributed by atoms with Gasteiger partial charge in [-0.1, -0.05) is 63.3 Å². The van der Waals surface area contributed by atoms with Crippen LogP contribution >= 0.6 is 0 Å². The van der Waals surface area contributed by atoms with E-state index in [1.165, 1.54) is 12.8 Å². The van der Waals surface area contributed by atoms with Crippen LogP contribution in [0.3, 0.4) is 0 Å². The molecule has 0 unspecified atom stereocenters.